The summed E-state index contributed by atoms with van der Waals surface area (Å²) in [6.07, 6.45) is 0. The fraction of sp³-hybridized carbons (Fsp3) is 0.235. The van der Waals surface area contributed by atoms with E-state index in [0.717, 1.165) is 0 Å². The van der Waals surface area contributed by atoms with Crippen LogP contribution in [0.15, 0.2) is 42.5 Å². The van der Waals surface area contributed by atoms with Crippen molar-refractivity contribution >= 4 is 23.2 Å². The number of carbonyl (C=O) groups excluding carboxylic acids is 1. The topological polar surface area (TPSA) is 47.6 Å². The number of nitrogens with one attached hydrogen (secondary N) is 1. The molecule has 1 N–H and O–H groups in total. The predicted molar refractivity (Wildman–Crippen MR) is 88.2 cm³/mol. The molecule has 0 spiro atoms. The van der Waals surface area contributed by atoms with Gasteiger partial charge in [0, 0.05) is 22.3 Å². The van der Waals surface area contributed by atoms with E-state index in [4.69, 9.17) is 21.1 Å². The van der Waals surface area contributed by atoms with Crippen LogP contribution in [0, 0.1) is 0 Å². The number of ether oxygens (including phenoxy) is 2. The summed E-state index contributed by atoms with van der Waals surface area (Å²) in [5, 5.41) is 3.44. The molecule has 0 aromatic heterocycles. The van der Waals surface area contributed by atoms with Crippen molar-refractivity contribution in [1.82, 2.24) is 0 Å². The van der Waals surface area contributed by atoms with Crippen LogP contribution in [-0.4, -0.2) is 19.1 Å². The van der Waals surface area contributed by atoms with E-state index in [-0.39, 0.29) is 5.91 Å². The van der Waals surface area contributed by atoms with Crippen LogP contribution < -0.4 is 14.8 Å². The Morgan fingerprint density at radius 1 is 1.00 bits per heavy atom. The van der Waals surface area contributed by atoms with E-state index < -0.39 is 0 Å². The van der Waals surface area contributed by atoms with Crippen molar-refractivity contribution in [2.75, 3.05) is 18.5 Å². The highest BCUT2D eigenvalue weighted by atomic mass is 35.5. The van der Waals surface area contributed by atoms with E-state index in [1.165, 1.54) is 0 Å². The second-order valence-electron chi connectivity index (χ2n) is 4.52. The number of anilines is 1. The Morgan fingerprint density at radius 3 is 2.05 bits per heavy atom. The molecule has 2 aromatic carbocycles. The van der Waals surface area contributed by atoms with E-state index in [1.807, 2.05) is 13.8 Å². The number of hydrogen-bond acceptors (Lipinski definition) is 3. The van der Waals surface area contributed by atoms with Crippen LogP contribution in [0.1, 0.15) is 24.2 Å². The Hall–Kier alpha value is -2.20. The maximum atomic E-state index is 12.4. The zero-order valence-corrected chi connectivity index (χ0v) is 13.3. The Kier molecular flexibility index (Phi) is 5.67. The molecule has 0 fully saturated rings. The number of hydrogen-bond donors (Lipinski definition) is 1. The maximum absolute atomic E-state index is 12.4. The van der Waals surface area contributed by atoms with Gasteiger partial charge in [0.2, 0.25) is 0 Å². The molecule has 0 aliphatic heterocycles. The van der Waals surface area contributed by atoms with Gasteiger partial charge in [-0.3, -0.25) is 4.79 Å². The molecule has 116 valence electrons. The van der Waals surface area contributed by atoms with Crippen LogP contribution in [0.25, 0.3) is 0 Å². The lowest BCUT2D eigenvalue weighted by Crippen LogP contribution is -2.12. The number of carbonyl (C=O) groups is 1. The smallest absolute Gasteiger partial charge is 0.255 e. The average molecular weight is 320 g/mol. The minimum Gasteiger partial charge on any atom is -0.494 e. The largest absolute Gasteiger partial charge is 0.494 e. The zero-order chi connectivity index (χ0) is 15.9. The van der Waals surface area contributed by atoms with Gasteiger partial charge in [-0.05, 0) is 50.2 Å². The van der Waals surface area contributed by atoms with Crippen LogP contribution in [0.4, 0.5) is 5.69 Å². The molecule has 2 rings (SSSR count). The lowest BCUT2D eigenvalue weighted by Gasteiger charge is -2.11. The summed E-state index contributed by atoms with van der Waals surface area (Å²) in [6.45, 7) is 4.82. The molecule has 0 unspecified atom stereocenters. The molecule has 0 bridgehead atoms. The van der Waals surface area contributed by atoms with Crippen molar-refractivity contribution < 1.29 is 14.3 Å². The van der Waals surface area contributed by atoms with Gasteiger partial charge in [-0.1, -0.05) is 11.6 Å². The second kappa shape index (κ2) is 7.71. The first-order chi connectivity index (χ1) is 10.6. The zero-order valence-electron chi connectivity index (χ0n) is 12.6. The SMILES string of the molecule is CCOc1cc(OCC)cc(C(=O)Nc2ccc(Cl)cc2)c1. The van der Waals surface area contributed by atoms with Crippen LogP contribution in [0.5, 0.6) is 11.5 Å². The van der Waals surface area contributed by atoms with Crippen molar-refractivity contribution in [1.29, 1.82) is 0 Å². The van der Waals surface area contributed by atoms with Gasteiger partial charge in [0.15, 0.2) is 0 Å². The average Bonchev–Trinajstić information content (AvgIpc) is 2.50. The molecule has 0 aliphatic rings. The molecule has 0 radical (unpaired) electrons. The minimum atomic E-state index is -0.232. The van der Waals surface area contributed by atoms with E-state index in [9.17, 15) is 4.79 Å². The summed E-state index contributed by atoms with van der Waals surface area (Å²) in [4.78, 5) is 12.4. The molecule has 1 amide bonds. The standard InChI is InChI=1S/C17H18ClNO3/c1-3-21-15-9-12(10-16(11-15)22-4-2)17(20)19-14-7-5-13(18)6-8-14/h5-11H,3-4H2,1-2H3,(H,19,20). The quantitative estimate of drug-likeness (QED) is 0.859. The summed E-state index contributed by atoms with van der Waals surface area (Å²) < 4.78 is 10.9. The van der Waals surface area contributed by atoms with Gasteiger partial charge >= 0.3 is 0 Å². The van der Waals surface area contributed by atoms with Crippen molar-refractivity contribution in [2.45, 2.75) is 13.8 Å². The molecule has 0 aliphatic carbocycles. The lowest BCUT2D eigenvalue weighted by molar-refractivity contribution is 0.102. The first-order valence-electron chi connectivity index (χ1n) is 7.10. The first kappa shape index (κ1) is 16.2. The number of amides is 1. The molecule has 0 heterocycles. The molecule has 5 heteroatoms. The third kappa shape index (κ3) is 4.40. The summed E-state index contributed by atoms with van der Waals surface area (Å²) in [6, 6.07) is 12.1. The van der Waals surface area contributed by atoms with Crippen LogP contribution in [0.3, 0.4) is 0 Å². The number of rotatable bonds is 6. The van der Waals surface area contributed by atoms with Crippen molar-refractivity contribution in [3.63, 3.8) is 0 Å². The van der Waals surface area contributed by atoms with Gasteiger partial charge in [-0.25, -0.2) is 0 Å². The van der Waals surface area contributed by atoms with Gasteiger partial charge < -0.3 is 14.8 Å². The molecular formula is C17H18ClNO3. The monoisotopic (exact) mass is 319 g/mol. The highest BCUT2D eigenvalue weighted by Crippen LogP contribution is 2.24. The summed E-state index contributed by atoms with van der Waals surface area (Å²) in [5.74, 6) is 0.981. The predicted octanol–water partition coefficient (Wildman–Crippen LogP) is 4.39. The number of halogens is 1. The molecule has 0 saturated heterocycles. The van der Waals surface area contributed by atoms with Gasteiger partial charge in [0.05, 0.1) is 13.2 Å². The minimum absolute atomic E-state index is 0.232. The second-order valence-corrected chi connectivity index (χ2v) is 4.96. The van der Waals surface area contributed by atoms with Crippen molar-refractivity contribution in [3.8, 4) is 11.5 Å². The van der Waals surface area contributed by atoms with E-state index in [1.54, 1.807) is 42.5 Å². The molecule has 4 nitrogen and oxygen atoms in total. The molecule has 22 heavy (non-hydrogen) atoms. The fourth-order valence-corrected chi connectivity index (χ4v) is 2.07. The van der Waals surface area contributed by atoms with Crippen LogP contribution in [-0.2, 0) is 0 Å². The summed E-state index contributed by atoms with van der Waals surface area (Å²) >= 11 is 5.83. The third-order valence-electron chi connectivity index (χ3n) is 2.87. The van der Waals surface area contributed by atoms with E-state index >= 15 is 0 Å². The maximum Gasteiger partial charge on any atom is 0.255 e. The Bertz CT molecular complexity index is 617. The summed E-state index contributed by atoms with van der Waals surface area (Å²) in [5.41, 5.74) is 1.15. The normalized spacial score (nSPS) is 10.1. The highest BCUT2D eigenvalue weighted by molar-refractivity contribution is 6.30. The van der Waals surface area contributed by atoms with Crippen molar-refractivity contribution in [2.24, 2.45) is 0 Å². The Labute approximate surface area is 135 Å². The lowest BCUT2D eigenvalue weighted by atomic mass is 10.1. The van der Waals surface area contributed by atoms with Crippen LogP contribution >= 0.6 is 11.6 Å². The Balaban J connectivity index is 2.21. The Morgan fingerprint density at radius 2 is 1.55 bits per heavy atom. The summed E-state index contributed by atoms with van der Waals surface area (Å²) in [7, 11) is 0. The van der Waals surface area contributed by atoms with Gasteiger partial charge in [-0.15, -0.1) is 0 Å². The highest BCUT2D eigenvalue weighted by Gasteiger charge is 2.10. The van der Waals surface area contributed by atoms with Gasteiger partial charge in [0.25, 0.3) is 5.91 Å². The van der Waals surface area contributed by atoms with Gasteiger partial charge in [0.1, 0.15) is 11.5 Å². The first-order valence-corrected chi connectivity index (χ1v) is 7.47. The molecule has 0 atom stereocenters. The van der Waals surface area contributed by atoms with E-state index in [2.05, 4.69) is 5.32 Å². The molecule has 2 aromatic rings. The molecular weight excluding hydrogens is 302 g/mol. The van der Waals surface area contributed by atoms with Gasteiger partial charge in [-0.2, -0.15) is 0 Å². The van der Waals surface area contributed by atoms with E-state index in [0.29, 0.717) is 41.0 Å². The fourth-order valence-electron chi connectivity index (χ4n) is 1.94. The third-order valence-corrected chi connectivity index (χ3v) is 3.12. The van der Waals surface area contributed by atoms with Crippen LogP contribution in [0.2, 0.25) is 5.02 Å². The number of benzene rings is 2. The van der Waals surface area contributed by atoms with Crippen molar-refractivity contribution in [3.05, 3.63) is 53.1 Å². The molecule has 0 saturated carbocycles.